The van der Waals surface area contributed by atoms with Crippen molar-refractivity contribution in [3.05, 3.63) is 53.6 Å². The minimum Gasteiger partial charge on any atom is -0.371 e. The first kappa shape index (κ1) is 25.6. The molecule has 204 valence electrons. The highest BCUT2D eigenvalue weighted by atomic mass is 16.6. The molecule has 1 N–H and O–H groups in total. The number of methoxy groups -OCH3 is 1. The van der Waals surface area contributed by atoms with Crippen molar-refractivity contribution in [1.29, 1.82) is 0 Å². The van der Waals surface area contributed by atoms with Crippen LogP contribution < -0.4 is 4.90 Å². The zero-order chi connectivity index (χ0) is 26.1. The normalized spacial score (nSPS) is 25.0. The summed E-state index contributed by atoms with van der Waals surface area (Å²) in [5.74, 6) is 2.25. The number of aliphatic hydroxyl groups excluding tert-OH is 1. The van der Waals surface area contributed by atoms with Crippen LogP contribution in [0.3, 0.4) is 0 Å². The van der Waals surface area contributed by atoms with Crippen molar-refractivity contribution in [3.8, 4) is 5.69 Å². The maximum atomic E-state index is 10.6. The summed E-state index contributed by atoms with van der Waals surface area (Å²) >= 11 is 0. The molecule has 1 saturated heterocycles. The van der Waals surface area contributed by atoms with Crippen LogP contribution in [0, 0.1) is 11.8 Å². The van der Waals surface area contributed by atoms with Gasteiger partial charge in [-0.25, -0.2) is 4.68 Å². The van der Waals surface area contributed by atoms with E-state index in [1.807, 2.05) is 17.9 Å². The Labute approximate surface area is 226 Å². The number of rotatable bonds is 9. The van der Waals surface area contributed by atoms with E-state index in [0.717, 1.165) is 54.0 Å². The van der Waals surface area contributed by atoms with Gasteiger partial charge in [-0.3, -0.25) is 4.68 Å². The summed E-state index contributed by atoms with van der Waals surface area (Å²) in [7, 11) is 3.42. The average Bonchev–Trinajstić information content (AvgIpc) is 3.41. The molecule has 2 unspecified atom stereocenters. The molecule has 3 aliphatic rings. The number of aliphatic hydroxyl groups is 1. The lowest BCUT2D eigenvalue weighted by molar-refractivity contribution is -0.0775. The van der Waals surface area contributed by atoms with Crippen LogP contribution in [0.25, 0.3) is 5.69 Å². The Morgan fingerprint density at radius 1 is 1.03 bits per heavy atom. The smallest absolute Gasteiger partial charge is 0.184 e. The monoisotopic (exact) mass is 518 g/mol. The van der Waals surface area contributed by atoms with Crippen LogP contribution in [0.4, 0.5) is 5.69 Å². The zero-order valence-corrected chi connectivity index (χ0v) is 22.9. The summed E-state index contributed by atoms with van der Waals surface area (Å²) in [5.41, 5.74) is 5.03. The van der Waals surface area contributed by atoms with Gasteiger partial charge in [0.2, 0.25) is 0 Å². The number of hydrogen-bond acceptors (Lipinski definition) is 6. The van der Waals surface area contributed by atoms with E-state index >= 15 is 0 Å². The lowest BCUT2D eigenvalue weighted by Crippen LogP contribution is -2.35. The van der Waals surface area contributed by atoms with Gasteiger partial charge in [0.1, 0.15) is 0 Å². The molecule has 0 spiro atoms. The summed E-state index contributed by atoms with van der Waals surface area (Å²) in [6.45, 7) is 2.26. The van der Waals surface area contributed by atoms with Crippen molar-refractivity contribution in [2.75, 3.05) is 25.1 Å². The summed E-state index contributed by atoms with van der Waals surface area (Å²) < 4.78 is 9.06. The van der Waals surface area contributed by atoms with E-state index in [2.05, 4.69) is 39.5 Å². The van der Waals surface area contributed by atoms with E-state index in [4.69, 9.17) is 9.84 Å². The molecule has 1 aliphatic heterocycles. The Balaban J connectivity index is 1.21. The highest BCUT2D eigenvalue weighted by molar-refractivity contribution is 5.54. The fourth-order valence-electron chi connectivity index (χ4n) is 6.93. The zero-order valence-electron chi connectivity index (χ0n) is 22.9. The molecule has 2 aliphatic carbocycles. The molecule has 2 aromatic heterocycles. The molecule has 38 heavy (non-hydrogen) atoms. The second kappa shape index (κ2) is 11.2. The number of ether oxygens (including phenoxy) is 1. The first-order valence-electron chi connectivity index (χ1n) is 14.6. The first-order valence-corrected chi connectivity index (χ1v) is 14.6. The van der Waals surface area contributed by atoms with Crippen LogP contribution in [-0.4, -0.2) is 50.1 Å². The van der Waals surface area contributed by atoms with Crippen molar-refractivity contribution < 1.29 is 9.84 Å². The minimum absolute atomic E-state index is 0.219. The van der Waals surface area contributed by atoms with Gasteiger partial charge in [0, 0.05) is 56.5 Å². The van der Waals surface area contributed by atoms with E-state index in [0.29, 0.717) is 0 Å². The standard InChI is InChI=1S/C30H42N6O2/c1-34-20-28(32-33-34)25-17-26(25)29-27(30(37)38-2)18-31-36(29)24-12-6-11-23(16-24)35-15-7-10-22(19-35)14-13-21-8-4-3-5-9-21/h6,11-12,16,18,20-22,25-26,30,37H,3-5,7-10,13-15,17,19H2,1-2H3/t22?,25-,26-,30?/m1/s1. The highest BCUT2D eigenvalue weighted by Gasteiger charge is 2.46. The Morgan fingerprint density at radius 3 is 2.61 bits per heavy atom. The van der Waals surface area contributed by atoms with Crippen molar-refractivity contribution >= 4 is 5.69 Å². The van der Waals surface area contributed by atoms with E-state index < -0.39 is 6.29 Å². The van der Waals surface area contributed by atoms with Crippen LogP contribution in [0.15, 0.2) is 36.7 Å². The lowest BCUT2D eigenvalue weighted by atomic mass is 9.82. The maximum Gasteiger partial charge on any atom is 0.184 e. The predicted molar refractivity (Wildman–Crippen MR) is 147 cm³/mol. The molecule has 8 nitrogen and oxygen atoms in total. The minimum atomic E-state index is -1.00. The van der Waals surface area contributed by atoms with E-state index in [1.165, 1.54) is 70.6 Å². The van der Waals surface area contributed by atoms with E-state index in [-0.39, 0.29) is 11.8 Å². The quantitative estimate of drug-likeness (QED) is 0.378. The number of piperidine rings is 1. The van der Waals surface area contributed by atoms with Gasteiger partial charge in [0.05, 0.1) is 23.3 Å². The number of nitrogens with zero attached hydrogens (tertiary/aromatic N) is 6. The summed E-state index contributed by atoms with van der Waals surface area (Å²) in [6, 6.07) is 8.76. The molecule has 3 fully saturated rings. The fourth-order valence-corrected chi connectivity index (χ4v) is 6.93. The largest absolute Gasteiger partial charge is 0.371 e. The van der Waals surface area contributed by atoms with Gasteiger partial charge in [0.15, 0.2) is 6.29 Å². The molecule has 1 aromatic carbocycles. The highest BCUT2D eigenvalue weighted by Crippen LogP contribution is 2.55. The molecule has 2 saturated carbocycles. The van der Waals surface area contributed by atoms with Gasteiger partial charge in [-0.1, -0.05) is 49.8 Å². The number of hydrogen-bond donors (Lipinski definition) is 1. The summed E-state index contributed by atoms with van der Waals surface area (Å²) in [5, 5.41) is 23.8. The van der Waals surface area contributed by atoms with Crippen LogP contribution >= 0.6 is 0 Å². The Hall–Kier alpha value is -2.71. The number of aryl methyl sites for hydroxylation is 1. The molecule has 0 amide bonds. The molecule has 3 aromatic rings. The molecular formula is C30H42N6O2. The van der Waals surface area contributed by atoms with Gasteiger partial charge in [-0.05, 0) is 55.7 Å². The number of benzene rings is 1. The Kier molecular flexibility index (Phi) is 7.52. The summed E-state index contributed by atoms with van der Waals surface area (Å²) in [6.07, 6.45) is 16.3. The SMILES string of the molecule is COC(O)c1cnn(-c2cccc(N3CCCC(CCC4CCCCC4)C3)c2)c1[C@@H]1C[C@H]1c1cn(C)nn1. The number of aromatic nitrogens is 5. The Bertz CT molecular complexity index is 1220. The van der Waals surface area contributed by atoms with Gasteiger partial charge >= 0.3 is 0 Å². The topological polar surface area (TPSA) is 81.2 Å². The fraction of sp³-hybridized carbons (Fsp3) is 0.633. The third kappa shape index (κ3) is 5.38. The predicted octanol–water partition coefficient (Wildman–Crippen LogP) is 5.49. The number of anilines is 1. The van der Waals surface area contributed by atoms with Crippen LogP contribution in [0.1, 0.15) is 99.3 Å². The molecule has 4 atom stereocenters. The average molecular weight is 519 g/mol. The van der Waals surface area contributed by atoms with Gasteiger partial charge < -0.3 is 14.7 Å². The van der Waals surface area contributed by atoms with Gasteiger partial charge in [-0.2, -0.15) is 5.10 Å². The van der Waals surface area contributed by atoms with Gasteiger partial charge in [-0.15, -0.1) is 5.10 Å². The van der Waals surface area contributed by atoms with E-state index in [9.17, 15) is 5.11 Å². The molecule has 0 bridgehead atoms. The van der Waals surface area contributed by atoms with Crippen LogP contribution in [0.2, 0.25) is 0 Å². The molecular weight excluding hydrogens is 476 g/mol. The van der Waals surface area contributed by atoms with E-state index in [1.54, 1.807) is 10.9 Å². The molecule has 0 radical (unpaired) electrons. The summed E-state index contributed by atoms with van der Waals surface area (Å²) in [4.78, 5) is 2.58. The van der Waals surface area contributed by atoms with Crippen molar-refractivity contribution in [2.24, 2.45) is 18.9 Å². The maximum absolute atomic E-state index is 10.6. The van der Waals surface area contributed by atoms with Gasteiger partial charge in [0.25, 0.3) is 0 Å². The van der Waals surface area contributed by atoms with Crippen molar-refractivity contribution in [2.45, 2.75) is 82.3 Å². The third-order valence-corrected chi connectivity index (χ3v) is 9.13. The molecule has 3 heterocycles. The van der Waals surface area contributed by atoms with Crippen molar-refractivity contribution in [1.82, 2.24) is 24.8 Å². The van der Waals surface area contributed by atoms with Crippen LogP contribution in [-0.2, 0) is 11.8 Å². The third-order valence-electron chi connectivity index (χ3n) is 9.13. The Morgan fingerprint density at radius 2 is 1.82 bits per heavy atom. The molecule has 8 heteroatoms. The second-order valence-corrected chi connectivity index (χ2v) is 11.8. The second-order valence-electron chi connectivity index (χ2n) is 11.8. The first-order chi connectivity index (χ1) is 18.6. The van der Waals surface area contributed by atoms with Crippen LogP contribution in [0.5, 0.6) is 0 Å². The molecule has 6 rings (SSSR count). The lowest BCUT2D eigenvalue weighted by Gasteiger charge is -2.35. The van der Waals surface area contributed by atoms with Crippen molar-refractivity contribution in [3.63, 3.8) is 0 Å².